The number of furan rings is 1. The van der Waals surface area contributed by atoms with E-state index < -0.39 is 29.5 Å². The third-order valence-corrected chi connectivity index (χ3v) is 7.21. The molecule has 0 saturated heterocycles. The van der Waals surface area contributed by atoms with Crippen LogP contribution in [0, 0.1) is 11.3 Å². The van der Waals surface area contributed by atoms with Crippen molar-refractivity contribution < 1.29 is 27.2 Å². The number of dihydropyridines is 1. The smallest absolute Gasteiger partial charge is 0.418 e. The van der Waals surface area contributed by atoms with Crippen LogP contribution in [0.2, 0.25) is 0 Å². The predicted octanol–water partition coefficient (Wildman–Crippen LogP) is 6.57. The van der Waals surface area contributed by atoms with E-state index in [1.807, 2.05) is 19.1 Å². The van der Waals surface area contributed by atoms with E-state index in [4.69, 9.17) is 4.42 Å². The van der Waals surface area contributed by atoms with Crippen LogP contribution in [-0.4, -0.2) is 17.6 Å². The number of carbonyl (C=O) groups excluding carboxylic acids is 2. The molecule has 4 rings (SSSR count). The van der Waals surface area contributed by atoms with Crippen LogP contribution in [0.3, 0.4) is 0 Å². The number of halogens is 3. The molecule has 40 heavy (non-hydrogen) atoms. The van der Waals surface area contributed by atoms with Gasteiger partial charge in [-0.25, -0.2) is 0 Å². The lowest BCUT2D eigenvalue weighted by molar-refractivity contribution is -0.137. The summed E-state index contributed by atoms with van der Waals surface area (Å²) < 4.78 is 45.5. The molecule has 1 atom stereocenters. The van der Waals surface area contributed by atoms with Crippen LogP contribution in [0.25, 0.3) is 0 Å². The number of hydrogen-bond donors (Lipinski definition) is 3. The Labute approximate surface area is 233 Å². The molecule has 2 heterocycles. The highest BCUT2D eigenvalue weighted by atomic mass is 32.2. The third-order valence-electron chi connectivity index (χ3n) is 6.19. The highest BCUT2D eigenvalue weighted by Gasteiger charge is 2.37. The monoisotopic (exact) mass is 566 g/mol. The van der Waals surface area contributed by atoms with Gasteiger partial charge in [-0.15, -0.1) is 0 Å². The number of anilines is 2. The van der Waals surface area contributed by atoms with Crippen LogP contribution >= 0.6 is 11.8 Å². The Balaban J connectivity index is 1.57. The molecule has 3 N–H and O–H groups in total. The molecular weight excluding hydrogens is 541 g/mol. The number of carbonyl (C=O) groups is 2. The molecule has 0 fully saturated rings. The van der Waals surface area contributed by atoms with Crippen molar-refractivity contribution in [2.24, 2.45) is 0 Å². The maximum Gasteiger partial charge on any atom is 0.418 e. The normalized spacial score (nSPS) is 15.3. The minimum absolute atomic E-state index is 0.139. The van der Waals surface area contributed by atoms with Gasteiger partial charge in [0.15, 0.2) is 0 Å². The largest absolute Gasteiger partial charge is 0.468 e. The number of alkyl halides is 3. The first-order chi connectivity index (χ1) is 19.1. The Hall–Kier alpha value is -4.43. The summed E-state index contributed by atoms with van der Waals surface area (Å²) in [4.78, 5) is 26.1. The summed E-state index contributed by atoms with van der Waals surface area (Å²) >= 11 is 0.943. The molecule has 0 spiro atoms. The average molecular weight is 567 g/mol. The summed E-state index contributed by atoms with van der Waals surface area (Å²) in [6.45, 7) is 3.69. The number of para-hydroxylation sites is 1. The van der Waals surface area contributed by atoms with Crippen LogP contribution in [0.5, 0.6) is 0 Å². The summed E-state index contributed by atoms with van der Waals surface area (Å²) in [5.74, 6) is -1.93. The van der Waals surface area contributed by atoms with Gasteiger partial charge in [0.1, 0.15) is 5.76 Å². The highest BCUT2D eigenvalue weighted by molar-refractivity contribution is 8.03. The van der Waals surface area contributed by atoms with E-state index in [0.29, 0.717) is 22.2 Å². The van der Waals surface area contributed by atoms with Crippen molar-refractivity contribution in [2.75, 3.05) is 16.4 Å². The predicted molar refractivity (Wildman–Crippen MR) is 147 cm³/mol. The fourth-order valence-corrected chi connectivity index (χ4v) is 5.14. The van der Waals surface area contributed by atoms with E-state index in [9.17, 15) is 28.0 Å². The van der Waals surface area contributed by atoms with Crippen molar-refractivity contribution in [3.05, 3.63) is 106 Å². The van der Waals surface area contributed by atoms with Crippen molar-refractivity contribution in [1.29, 1.82) is 5.26 Å². The molecule has 0 unspecified atom stereocenters. The SMILES string of the molecule is CCc1ccc(NC(=O)C2=C(C)NC(SCC(=O)Nc3ccccc3C(F)(F)F)=C(C#N)[C@H]2c2ccco2)cc1. The maximum absolute atomic E-state index is 13.4. The Bertz CT molecular complexity index is 1500. The van der Waals surface area contributed by atoms with Gasteiger partial charge in [-0.1, -0.05) is 43.0 Å². The molecular formula is C29H25F3N4O3S. The second-order valence-electron chi connectivity index (χ2n) is 8.85. The zero-order valence-electron chi connectivity index (χ0n) is 21.6. The minimum Gasteiger partial charge on any atom is -0.468 e. The number of hydrogen-bond acceptors (Lipinski definition) is 6. The molecule has 7 nitrogen and oxygen atoms in total. The molecule has 3 aromatic rings. The van der Waals surface area contributed by atoms with E-state index in [1.165, 1.54) is 24.5 Å². The van der Waals surface area contributed by atoms with E-state index in [1.54, 1.807) is 31.2 Å². The topological polar surface area (TPSA) is 107 Å². The third kappa shape index (κ3) is 6.40. The zero-order chi connectivity index (χ0) is 28.9. The number of nitrogens with one attached hydrogen (secondary N) is 3. The summed E-state index contributed by atoms with van der Waals surface area (Å²) in [6.07, 6.45) is -2.35. The fraction of sp³-hybridized carbons (Fsp3) is 0.207. The summed E-state index contributed by atoms with van der Waals surface area (Å²) in [7, 11) is 0. The molecule has 1 aliphatic heterocycles. The number of nitriles is 1. The van der Waals surface area contributed by atoms with Gasteiger partial charge in [-0.05, 0) is 55.3 Å². The van der Waals surface area contributed by atoms with E-state index in [-0.39, 0.29) is 22.6 Å². The van der Waals surface area contributed by atoms with Crippen LogP contribution in [0.4, 0.5) is 24.5 Å². The minimum atomic E-state index is -4.63. The number of allylic oxidation sites excluding steroid dienone is 2. The lowest BCUT2D eigenvalue weighted by Crippen LogP contribution is -2.31. The number of thioether (sulfide) groups is 1. The first-order valence-corrected chi connectivity index (χ1v) is 13.3. The number of benzene rings is 2. The average Bonchev–Trinajstić information content (AvgIpc) is 3.46. The van der Waals surface area contributed by atoms with E-state index in [2.05, 4.69) is 22.0 Å². The Kier molecular flexibility index (Phi) is 8.70. The lowest BCUT2D eigenvalue weighted by atomic mass is 9.85. The van der Waals surface area contributed by atoms with Gasteiger partial charge in [0.25, 0.3) is 5.91 Å². The number of aryl methyl sites for hydroxylation is 1. The molecule has 206 valence electrons. The quantitative estimate of drug-likeness (QED) is 0.285. The highest BCUT2D eigenvalue weighted by Crippen LogP contribution is 2.41. The van der Waals surface area contributed by atoms with Gasteiger partial charge in [-0.2, -0.15) is 18.4 Å². The standard InChI is InChI=1S/C29H25F3N4O3S/c1-3-18-10-12-19(13-11-18)35-27(38)25-17(2)34-28(20(15-33)26(25)23-9-6-14-39-23)40-16-24(37)36-22-8-5-4-7-21(22)29(30,31)32/h4-14,26,34H,3,16H2,1-2H3,(H,35,38)(H,36,37)/t26-/m0/s1. The first-order valence-electron chi connectivity index (χ1n) is 12.3. The van der Waals surface area contributed by atoms with Gasteiger partial charge in [0, 0.05) is 11.4 Å². The Morgan fingerprint density at radius 1 is 1.07 bits per heavy atom. The fourth-order valence-electron chi connectivity index (χ4n) is 4.25. The molecule has 2 aromatic carbocycles. The van der Waals surface area contributed by atoms with Gasteiger partial charge in [-0.3, -0.25) is 9.59 Å². The molecule has 0 radical (unpaired) electrons. The van der Waals surface area contributed by atoms with Gasteiger partial charge >= 0.3 is 6.18 Å². The van der Waals surface area contributed by atoms with Gasteiger partial charge in [0.2, 0.25) is 5.91 Å². The van der Waals surface area contributed by atoms with Crippen molar-refractivity contribution in [2.45, 2.75) is 32.4 Å². The molecule has 1 aromatic heterocycles. The first kappa shape index (κ1) is 28.6. The van der Waals surface area contributed by atoms with Gasteiger partial charge < -0.3 is 20.4 Å². The molecule has 0 saturated carbocycles. The van der Waals surface area contributed by atoms with Crippen molar-refractivity contribution in [1.82, 2.24) is 5.32 Å². The van der Waals surface area contributed by atoms with E-state index >= 15 is 0 Å². The molecule has 1 aliphatic rings. The molecule has 2 amide bonds. The van der Waals surface area contributed by atoms with Crippen molar-refractivity contribution in [3.8, 4) is 6.07 Å². The maximum atomic E-state index is 13.4. The van der Waals surface area contributed by atoms with Crippen molar-refractivity contribution >= 4 is 35.0 Å². The number of amides is 2. The van der Waals surface area contributed by atoms with Crippen LogP contribution in [-0.2, 0) is 22.2 Å². The number of rotatable bonds is 8. The summed E-state index contributed by atoms with van der Waals surface area (Å²) in [5, 5.41) is 18.6. The molecule has 0 bridgehead atoms. The molecule has 0 aliphatic carbocycles. The van der Waals surface area contributed by atoms with Crippen LogP contribution in [0.15, 0.2) is 93.2 Å². The lowest BCUT2D eigenvalue weighted by Gasteiger charge is -2.28. The van der Waals surface area contributed by atoms with Gasteiger partial charge in [0.05, 0.1) is 51.4 Å². The summed E-state index contributed by atoms with van der Waals surface area (Å²) in [5.41, 5.74) is 1.22. The Morgan fingerprint density at radius 3 is 2.42 bits per heavy atom. The summed E-state index contributed by atoms with van der Waals surface area (Å²) in [6, 6.07) is 17.5. The van der Waals surface area contributed by atoms with Crippen LogP contribution in [0.1, 0.15) is 36.7 Å². The number of nitrogens with zero attached hydrogens (tertiary/aromatic N) is 1. The van der Waals surface area contributed by atoms with E-state index in [0.717, 1.165) is 29.8 Å². The molecule has 11 heteroatoms. The second kappa shape index (κ2) is 12.2. The zero-order valence-corrected chi connectivity index (χ0v) is 22.4. The van der Waals surface area contributed by atoms with Crippen LogP contribution < -0.4 is 16.0 Å². The van der Waals surface area contributed by atoms with Crippen molar-refractivity contribution in [3.63, 3.8) is 0 Å². The Morgan fingerprint density at radius 2 is 1.80 bits per heavy atom. The second-order valence-corrected chi connectivity index (χ2v) is 9.84.